The van der Waals surface area contributed by atoms with Gasteiger partial charge >= 0.3 is 6.18 Å². The molecule has 10 nitrogen and oxygen atoms in total. The van der Waals surface area contributed by atoms with Gasteiger partial charge in [0.1, 0.15) is 16.9 Å². The average Bonchev–Trinajstić information content (AvgIpc) is 3.24. The monoisotopic (exact) mass is 490 g/mol. The highest BCUT2D eigenvalue weighted by Gasteiger charge is 2.44. The summed E-state index contributed by atoms with van der Waals surface area (Å²) in [7, 11) is 3.32. The smallest absolute Gasteiger partial charge is 0.382 e. The lowest BCUT2D eigenvalue weighted by molar-refractivity contribution is -0.141. The number of nitrogens with zero attached hydrogens (tertiary/aromatic N) is 6. The lowest BCUT2D eigenvalue weighted by atomic mass is 9.97. The SMILES string of the molecule is COC[C@@]1(C)C(=O)Nc2c(C)nc(NCc3cnn(Cc4ccc(C(F)(F)F)nc4)c3)nc2N1C. The largest absolute Gasteiger partial charge is 0.433 e. The maximum absolute atomic E-state index is 12.7. The lowest BCUT2D eigenvalue weighted by Gasteiger charge is -2.42. The Morgan fingerprint density at radius 1 is 1.20 bits per heavy atom. The molecule has 0 fully saturated rings. The molecule has 0 aromatic carbocycles. The molecule has 4 heterocycles. The summed E-state index contributed by atoms with van der Waals surface area (Å²) in [5.74, 6) is 0.755. The van der Waals surface area contributed by atoms with Crippen LogP contribution < -0.4 is 15.5 Å². The fourth-order valence-electron chi connectivity index (χ4n) is 3.74. The first kappa shape index (κ1) is 24.4. The van der Waals surface area contributed by atoms with Crippen molar-refractivity contribution in [1.82, 2.24) is 24.7 Å². The van der Waals surface area contributed by atoms with Gasteiger partial charge < -0.3 is 20.3 Å². The predicted octanol–water partition coefficient (Wildman–Crippen LogP) is 2.85. The number of aromatic nitrogens is 5. The maximum atomic E-state index is 12.7. The first-order valence-corrected chi connectivity index (χ1v) is 10.7. The van der Waals surface area contributed by atoms with Crippen LogP contribution in [0.4, 0.5) is 30.6 Å². The van der Waals surface area contributed by atoms with Crippen LogP contribution in [-0.4, -0.2) is 56.9 Å². The number of carbonyl (C=O) groups excluding carboxylic acids is 1. The van der Waals surface area contributed by atoms with E-state index in [-0.39, 0.29) is 19.1 Å². The Hall–Kier alpha value is -3.74. The fraction of sp³-hybridized carbons (Fsp3) is 0.409. The standard InChI is InChI=1S/C22H25F3N8O2/c1-13-17-18(32(3)21(2,12-35-4)19(34)30-17)31-20(29-13)27-8-15-9-28-33(11-15)10-14-5-6-16(26-7-14)22(23,24)25/h5-7,9,11H,8,10,12H2,1-4H3,(H,30,34)(H,27,29,31)/t21-/m0/s1. The van der Waals surface area contributed by atoms with Gasteiger partial charge in [0.15, 0.2) is 5.82 Å². The Morgan fingerprint density at radius 2 is 1.97 bits per heavy atom. The van der Waals surface area contributed by atoms with E-state index in [2.05, 4.69) is 30.7 Å². The van der Waals surface area contributed by atoms with E-state index < -0.39 is 17.4 Å². The van der Waals surface area contributed by atoms with Crippen molar-refractivity contribution in [3.63, 3.8) is 0 Å². The molecule has 0 radical (unpaired) electrons. The Labute approximate surface area is 199 Å². The molecule has 0 spiro atoms. The number of methoxy groups -OCH3 is 1. The second-order valence-electron chi connectivity index (χ2n) is 8.50. The molecule has 0 unspecified atom stereocenters. The van der Waals surface area contributed by atoms with E-state index in [0.717, 1.165) is 11.6 Å². The number of anilines is 3. The molecule has 4 rings (SSSR count). The molecule has 186 valence electrons. The maximum Gasteiger partial charge on any atom is 0.433 e. The molecule has 0 saturated carbocycles. The Morgan fingerprint density at radius 3 is 2.63 bits per heavy atom. The van der Waals surface area contributed by atoms with Crippen molar-refractivity contribution in [2.45, 2.75) is 38.7 Å². The number of ether oxygens (including phenoxy) is 1. The second-order valence-corrected chi connectivity index (χ2v) is 8.50. The summed E-state index contributed by atoms with van der Waals surface area (Å²) in [5, 5.41) is 10.3. The highest BCUT2D eigenvalue weighted by molar-refractivity contribution is 6.06. The molecule has 13 heteroatoms. The van der Waals surface area contributed by atoms with E-state index in [9.17, 15) is 18.0 Å². The third-order valence-corrected chi connectivity index (χ3v) is 5.88. The van der Waals surface area contributed by atoms with E-state index in [0.29, 0.717) is 35.3 Å². The number of alkyl halides is 3. The molecule has 0 aliphatic carbocycles. The molecule has 1 aliphatic rings. The van der Waals surface area contributed by atoms with Crippen LogP contribution in [0.15, 0.2) is 30.7 Å². The molecule has 3 aromatic heterocycles. The number of aryl methyl sites for hydroxylation is 1. The first-order valence-electron chi connectivity index (χ1n) is 10.7. The van der Waals surface area contributed by atoms with Crippen LogP contribution in [-0.2, 0) is 28.8 Å². The summed E-state index contributed by atoms with van der Waals surface area (Å²) in [6.45, 7) is 4.40. The van der Waals surface area contributed by atoms with Crippen molar-refractivity contribution >= 4 is 23.4 Å². The van der Waals surface area contributed by atoms with Crippen LogP contribution in [0, 0.1) is 6.92 Å². The highest BCUT2D eigenvalue weighted by Crippen LogP contribution is 2.36. The minimum atomic E-state index is -4.47. The summed E-state index contributed by atoms with van der Waals surface area (Å²) in [6, 6.07) is 2.33. The zero-order chi connectivity index (χ0) is 25.4. The van der Waals surface area contributed by atoms with Gasteiger partial charge in [0.25, 0.3) is 5.91 Å². The molecule has 1 atom stereocenters. The number of fused-ring (bicyclic) bond motifs is 1. The number of hydrogen-bond donors (Lipinski definition) is 2. The number of halogens is 3. The quantitative estimate of drug-likeness (QED) is 0.520. The van der Waals surface area contributed by atoms with E-state index in [4.69, 9.17) is 4.74 Å². The van der Waals surface area contributed by atoms with Gasteiger partial charge in [0.2, 0.25) is 5.95 Å². The average molecular weight is 490 g/mol. The Bertz CT molecular complexity index is 1230. The molecule has 35 heavy (non-hydrogen) atoms. The molecule has 0 bridgehead atoms. The molecule has 2 N–H and O–H groups in total. The van der Waals surface area contributed by atoms with Crippen LogP contribution >= 0.6 is 0 Å². The van der Waals surface area contributed by atoms with Crippen molar-refractivity contribution in [3.8, 4) is 0 Å². The topological polar surface area (TPSA) is 110 Å². The minimum Gasteiger partial charge on any atom is -0.382 e. The van der Waals surface area contributed by atoms with Gasteiger partial charge in [-0.15, -0.1) is 0 Å². The van der Waals surface area contributed by atoms with Gasteiger partial charge in [0.05, 0.1) is 25.0 Å². The van der Waals surface area contributed by atoms with Gasteiger partial charge in [-0.3, -0.25) is 14.5 Å². The number of nitrogens with one attached hydrogen (secondary N) is 2. The van der Waals surface area contributed by atoms with E-state index in [1.165, 1.54) is 19.4 Å². The number of amides is 1. The zero-order valence-electron chi connectivity index (χ0n) is 19.6. The fourth-order valence-corrected chi connectivity index (χ4v) is 3.74. The molecule has 0 saturated heterocycles. The van der Waals surface area contributed by atoms with Gasteiger partial charge in [0, 0.05) is 38.7 Å². The van der Waals surface area contributed by atoms with Crippen molar-refractivity contribution in [3.05, 3.63) is 53.2 Å². The molecule has 1 amide bonds. The van der Waals surface area contributed by atoms with Crippen molar-refractivity contribution in [2.24, 2.45) is 0 Å². The number of likely N-dealkylation sites (N-methyl/N-ethyl adjacent to an activating group) is 1. The first-order chi connectivity index (χ1) is 16.5. The third-order valence-electron chi connectivity index (χ3n) is 5.88. The zero-order valence-corrected chi connectivity index (χ0v) is 19.6. The van der Waals surface area contributed by atoms with Gasteiger partial charge in [-0.1, -0.05) is 6.07 Å². The van der Waals surface area contributed by atoms with Crippen LogP contribution in [0.25, 0.3) is 0 Å². The van der Waals surface area contributed by atoms with Crippen molar-refractivity contribution < 1.29 is 22.7 Å². The van der Waals surface area contributed by atoms with E-state index >= 15 is 0 Å². The number of carbonyl (C=O) groups is 1. The van der Waals surface area contributed by atoms with Crippen LogP contribution in [0.2, 0.25) is 0 Å². The molecular weight excluding hydrogens is 465 g/mol. The van der Waals surface area contributed by atoms with Crippen molar-refractivity contribution in [2.75, 3.05) is 36.3 Å². The molecule has 1 aliphatic heterocycles. The number of pyridine rings is 1. The van der Waals surface area contributed by atoms with Crippen LogP contribution in [0.3, 0.4) is 0 Å². The van der Waals surface area contributed by atoms with Gasteiger partial charge in [-0.05, 0) is 25.5 Å². The third kappa shape index (κ3) is 4.90. The predicted molar refractivity (Wildman–Crippen MR) is 122 cm³/mol. The van der Waals surface area contributed by atoms with Crippen LogP contribution in [0.5, 0.6) is 0 Å². The minimum absolute atomic E-state index is 0.189. The summed E-state index contributed by atoms with van der Waals surface area (Å²) >= 11 is 0. The second kappa shape index (κ2) is 9.13. The van der Waals surface area contributed by atoms with E-state index in [1.807, 2.05) is 0 Å². The number of rotatable bonds is 7. The highest BCUT2D eigenvalue weighted by atomic mass is 19.4. The normalized spacial score (nSPS) is 17.8. The molecule has 3 aromatic rings. The lowest BCUT2D eigenvalue weighted by Crippen LogP contribution is -2.59. The Balaban J connectivity index is 1.44. The number of hydrogen-bond acceptors (Lipinski definition) is 8. The summed E-state index contributed by atoms with van der Waals surface area (Å²) in [4.78, 5) is 26.9. The summed E-state index contributed by atoms with van der Waals surface area (Å²) < 4.78 is 44.9. The van der Waals surface area contributed by atoms with Crippen LogP contribution in [0.1, 0.15) is 29.4 Å². The summed E-state index contributed by atoms with van der Waals surface area (Å²) in [5.41, 5.74) is 0.735. The van der Waals surface area contributed by atoms with E-state index in [1.54, 1.807) is 42.9 Å². The van der Waals surface area contributed by atoms with Crippen molar-refractivity contribution in [1.29, 1.82) is 0 Å². The van der Waals surface area contributed by atoms with Gasteiger partial charge in [-0.2, -0.15) is 23.3 Å². The summed E-state index contributed by atoms with van der Waals surface area (Å²) in [6.07, 6.45) is 0.150. The van der Waals surface area contributed by atoms with Gasteiger partial charge in [-0.25, -0.2) is 4.98 Å². The molecular formula is C22H25F3N8O2. The Kier molecular flexibility index (Phi) is 6.36.